The Morgan fingerprint density at radius 1 is 1.15 bits per heavy atom. The second kappa shape index (κ2) is 12.1. The minimum Gasteiger partial charge on any atom is -0.508 e. The summed E-state index contributed by atoms with van der Waals surface area (Å²) in [6.07, 6.45) is 2.85. The normalized spacial score (nSPS) is 11.1. The lowest BCUT2D eigenvalue weighted by atomic mass is 10.1. The Kier molecular flexibility index (Phi) is 10.6. The van der Waals surface area contributed by atoms with Crippen LogP contribution in [-0.4, -0.2) is 35.7 Å². The van der Waals surface area contributed by atoms with Crippen LogP contribution in [-0.2, 0) is 12.8 Å². The summed E-state index contributed by atoms with van der Waals surface area (Å²) in [4.78, 5) is 10.5. The lowest BCUT2D eigenvalue weighted by Gasteiger charge is -2.10. The number of thiazole rings is 1. The van der Waals surface area contributed by atoms with Crippen LogP contribution in [0.3, 0.4) is 0 Å². The number of aliphatic imine (C=N–C) groups is 1. The number of hydrogen-bond donors (Lipinski definition) is 3. The van der Waals surface area contributed by atoms with Gasteiger partial charge >= 0.3 is 0 Å². The summed E-state index contributed by atoms with van der Waals surface area (Å²) < 4.78 is 0. The van der Waals surface area contributed by atoms with E-state index >= 15 is 0 Å². The third-order valence-corrected chi connectivity index (χ3v) is 5.01. The molecule has 0 radical (unpaired) electrons. The van der Waals surface area contributed by atoms with E-state index in [2.05, 4.69) is 41.4 Å². The quantitative estimate of drug-likeness (QED) is 0.229. The van der Waals surface area contributed by atoms with Crippen molar-refractivity contribution in [2.45, 2.75) is 40.0 Å². The first-order chi connectivity index (χ1) is 12.1. The summed E-state index contributed by atoms with van der Waals surface area (Å²) in [7, 11) is 0. The summed E-state index contributed by atoms with van der Waals surface area (Å²) in [5.74, 6) is 1.17. The molecule has 2 rings (SSSR count). The van der Waals surface area contributed by atoms with Gasteiger partial charge in [0.05, 0.1) is 10.7 Å². The number of aromatic nitrogens is 1. The Balaban J connectivity index is 0.00000338. The van der Waals surface area contributed by atoms with Gasteiger partial charge in [0.2, 0.25) is 0 Å². The van der Waals surface area contributed by atoms with Gasteiger partial charge in [0.15, 0.2) is 5.96 Å². The topological polar surface area (TPSA) is 69.5 Å². The second-order valence-electron chi connectivity index (χ2n) is 5.96. The number of benzene rings is 1. The van der Waals surface area contributed by atoms with Crippen molar-refractivity contribution in [2.24, 2.45) is 4.99 Å². The zero-order valence-corrected chi connectivity index (χ0v) is 18.9. The SMILES string of the molecule is CCNC(=NCCCc1ccc(O)cc1)NCCc1nc(C)c(C)s1.I. The molecular formula is C19H29IN4OS. The number of guanidine groups is 1. The van der Waals surface area contributed by atoms with Gasteiger partial charge in [-0.15, -0.1) is 35.3 Å². The molecule has 1 aromatic heterocycles. The van der Waals surface area contributed by atoms with E-state index in [1.165, 1.54) is 15.4 Å². The Morgan fingerprint density at radius 3 is 2.50 bits per heavy atom. The molecule has 0 unspecified atom stereocenters. The molecule has 0 aliphatic heterocycles. The third-order valence-electron chi connectivity index (χ3n) is 3.88. The summed E-state index contributed by atoms with van der Waals surface area (Å²) in [6, 6.07) is 7.37. The molecule has 0 aliphatic carbocycles. The minimum absolute atomic E-state index is 0. The summed E-state index contributed by atoms with van der Waals surface area (Å²) in [5, 5.41) is 17.1. The van der Waals surface area contributed by atoms with E-state index in [1.54, 1.807) is 23.5 Å². The molecule has 7 heteroatoms. The Morgan fingerprint density at radius 2 is 1.88 bits per heavy atom. The standard InChI is InChI=1S/C19H28N4OS.HI/c1-4-20-19(22-13-11-18-23-14(2)15(3)25-18)21-12-5-6-16-7-9-17(24)10-8-16;/h7-10,24H,4-6,11-13H2,1-3H3,(H2,20,21,22);1H. The fourth-order valence-electron chi connectivity index (χ4n) is 2.41. The van der Waals surface area contributed by atoms with Crippen molar-refractivity contribution in [1.82, 2.24) is 15.6 Å². The maximum atomic E-state index is 9.30. The molecule has 144 valence electrons. The molecule has 0 saturated heterocycles. The molecule has 0 spiro atoms. The maximum absolute atomic E-state index is 9.30. The number of nitrogens with zero attached hydrogens (tertiary/aromatic N) is 2. The van der Waals surface area contributed by atoms with Crippen molar-refractivity contribution >= 4 is 41.3 Å². The molecular weight excluding hydrogens is 459 g/mol. The average molecular weight is 488 g/mol. The maximum Gasteiger partial charge on any atom is 0.191 e. The number of hydrogen-bond acceptors (Lipinski definition) is 4. The summed E-state index contributed by atoms with van der Waals surface area (Å²) in [5.41, 5.74) is 2.36. The molecule has 0 fully saturated rings. The van der Waals surface area contributed by atoms with Crippen LogP contribution in [0, 0.1) is 13.8 Å². The zero-order chi connectivity index (χ0) is 18.1. The van der Waals surface area contributed by atoms with E-state index in [4.69, 9.17) is 0 Å². The molecule has 3 N–H and O–H groups in total. The first kappa shape index (κ1) is 22.7. The fraction of sp³-hybridized carbons (Fsp3) is 0.474. The Labute approximate surface area is 177 Å². The van der Waals surface area contributed by atoms with E-state index in [0.717, 1.165) is 50.6 Å². The number of aromatic hydroxyl groups is 1. The van der Waals surface area contributed by atoms with Crippen LogP contribution in [0.15, 0.2) is 29.3 Å². The Hall–Kier alpha value is -1.35. The number of halogens is 1. The van der Waals surface area contributed by atoms with Crippen LogP contribution in [0.1, 0.15) is 34.5 Å². The number of aryl methyl sites for hydroxylation is 3. The lowest BCUT2D eigenvalue weighted by molar-refractivity contribution is 0.475. The lowest BCUT2D eigenvalue weighted by Crippen LogP contribution is -2.38. The van der Waals surface area contributed by atoms with Crippen molar-refractivity contribution in [3.05, 3.63) is 45.4 Å². The smallest absolute Gasteiger partial charge is 0.191 e. The Bertz CT molecular complexity index is 666. The van der Waals surface area contributed by atoms with E-state index in [-0.39, 0.29) is 24.0 Å². The van der Waals surface area contributed by atoms with E-state index in [0.29, 0.717) is 5.75 Å². The number of rotatable bonds is 8. The van der Waals surface area contributed by atoms with Crippen molar-refractivity contribution in [3.63, 3.8) is 0 Å². The fourth-order valence-corrected chi connectivity index (χ4v) is 3.35. The van der Waals surface area contributed by atoms with Gasteiger partial charge in [-0.25, -0.2) is 4.98 Å². The van der Waals surface area contributed by atoms with Crippen molar-refractivity contribution in [2.75, 3.05) is 19.6 Å². The van der Waals surface area contributed by atoms with Gasteiger partial charge in [-0.05, 0) is 51.3 Å². The van der Waals surface area contributed by atoms with Gasteiger partial charge in [0.25, 0.3) is 0 Å². The van der Waals surface area contributed by atoms with Crippen LogP contribution in [0.2, 0.25) is 0 Å². The molecule has 0 saturated carbocycles. The average Bonchev–Trinajstić information content (AvgIpc) is 2.91. The highest BCUT2D eigenvalue weighted by molar-refractivity contribution is 14.0. The van der Waals surface area contributed by atoms with Crippen LogP contribution in [0.4, 0.5) is 0 Å². The van der Waals surface area contributed by atoms with Crippen molar-refractivity contribution in [1.29, 1.82) is 0 Å². The van der Waals surface area contributed by atoms with E-state index in [1.807, 2.05) is 12.1 Å². The van der Waals surface area contributed by atoms with E-state index in [9.17, 15) is 5.11 Å². The molecule has 0 atom stereocenters. The molecule has 2 aromatic rings. The van der Waals surface area contributed by atoms with Gasteiger partial charge in [-0.1, -0.05) is 12.1 Å². The molecule has 1 aromatic carbocycles. The van der Waals surface area contributed by atoms with Crippen LogP contribution >= 0.6 is 35.3 Å². The monoisotopic (exact) mass is 488 g/mol. The largest absolute Gasteiger partial charge is 0.508 e. The van der Waals surface area contributed by atoms with Crippen molar-refractivity contribution in [3.8, 4) is 5.75 Å². The summed E-state index contributed by atoms with van der Waals surface area (Å²) in [6.45, 7) is 8.69. The first-order valence-electron chi connectivity index (χ1n) is 8.81. The van der Waals surface area contributed by atoms with Crippen LogP contribution < -0.4 is 10.6 Å². The zero-order valence-electron chi connectivity index (χ0n) is 15.7. The van der Waals surface area contributed by atoms with Gasteiger partial charge < -0.3 is 15.7 Å². The molecule has 0 bridgehead atoms. The predicted octanol–water partition coefficient (Wildman–Crippen LogP) is 3.81. The predicted molar refractivity (Wildman–Crippen MR) is 121 cm³/mol. The molecule has 5 nitrogen and oxygen atoms in total. The highest BCUT2D eigenvalue weighted by Crippen LogP contribution is 2.16. The van der Waals surface area contributed by atoms with Gasteiger partial charge in [-0.3, -0.25) is 4.99 Å². The number of nitrogens with one attached hydrogen (secondary N) is 2. The highest BCUT2D eigenvalue weighted by atomic mass is 127. The van der Waals surface area contributed by atoms with E-state index < -0.39 is 0 Å². The first-order valence-corrected chi connectivity index (χ1v) is 9.63. The number of phenols is 1. The molecule has 26 heavy (non-hydrogen) atoms. The van der Waals surface area contributed by atoms with Gasteiger partial charge in [0.1, 0.15) is 5.75 Å². The second-order valence-corrected chi connectivity index (χ2v) is 7.24. The molecule has 0 amide bonds. The van der Waals surface area contributed by atoms with Gasteiger partial charge in [-0.2, -0.15) is 0 Å². The van der Waals surface area contributed by atoms with Crippen LogP contribution in [0.5, 0.6) is 5.75 Å². The highest BCUT2D eigenvalue weighted by Gasteiger charge is 2.04. The molecule has 0 aliphatic rings. The van der Waals surface area contributed by atoms with Crippen LogP contribution in [0.25, 0.3) is 0 Å². The number of phenolic OH excluding ortho intramolecular Hbond substituents is 1. The molecule has 1 heterocycles. The van der Waals surface area contributed by atoms with Crippen molar-refractivity contribution < 1.29 is 5.11 Å². The van der Waals surface area contributed by atoms with Gasteiger partial charge in [0, 0.05) is 30.9 Å². The minimum atomic E-state index is 0. The summed E-state index contributed by atoms with van der Waals surface area (Å²) >= 11 is 1.77. The third kappa shape index (κ3) is 7.90.